The van der Waals surface area contributed by atoms with E-state index < -0.39 is 6.10 Å². The van der Waals surface area contributed by atoms with E-state index in [1.807, 2.05) is 18.7 Å². The molecule has 0 bridgehead atoms. The molecule has 24 heavy (non-hydrogen) atoms. The number of ether oxygens (including phenoxy) is 1. The number of anilines is 1. The highest BCUT2D eigenvalue weighted by Crippen LogP contribution is 2.24. The first kappa shape index (κ1) is 16.9. The van der Waals surface area contributed by atoms with Gasteiger partial charge in [-0.3, -0.25) is 0 Å². The topological polar surface area (TPSA) is 97.4 Å². The fourth-order valence-corrected chi connectivity index (χ4v) is 2.61. The van der Waals surface area contributed by atoms with Gasteiger partial charge in [0.2, 0.25) is 5.28 Å². The van der Waals surface area contributed by atoms with E-state index in [2.05, 4.69) is 20.1 Å². The summed E-state index contributed by atoms with van der Waals surface area (Å²) in [6, 6.07) is 0.461. The van der Waals surface area contributed by atoms with Crippen molar-refractivity contribution >= 4 is 17.6 Å². The van der Waals surface area contributed by atoms with Gasteiger partial charge in [-0.15, -0.1) is 0 Å². The molecule has 1 saturated heterocycles. The van der Waals surface area contributed by atoms with Crippen LogP contribution < -0.4 is 9.64 Å². The van der Waals surface area contributed by atoms with Gasteiger partial charge in [0.05, 0.1) is 25.1 Å². The molecule has 2 atom stereocenters. The highest BCUT2D eigenvalue weighted by Gasteiger charge is 2.31. The molecule has 0 unspecified atom stereocenters. The van der Waals surface area contributed by atoms with Gasteiger partial charge in [0.15, 0.2) is 11.6 Å². The second-order valence-electron chi connectivity index (χ2n) is 6.15. The number of hydrogen-bond donors (Lipinski definition) is 1. The predicted octanol–water partition coefficient (Wildman–Crippen LogP) is 1.90. The molecule has 8 nitrogen and oxygen atoms in total. The third-order valence-electron chi connectivity index (χ3n) is 4.00. The van der Waals surface area contributed by atoms with E-state index in [-0.39, 0.29) is 17.1 Å². The number of aliphatic hydroxyl groups is 1. The Balaban J connectivity index is 1.53. The van der Waals surface area contributed by atoms with Gasteiger partial charge < -0.3 is 19.3 Å². The molecule has 0 radical (unpaired) electrons. The minimum Gasteiger partial charge on any atom is -0.490 e. The number of β-amino-alcohol motifs (C(OH)–C–C–N with tert-alkyl or cyclic N) is 1. The molecule has 2 aromatic rings. The molecule has 130 valence electrons. The number of aromatic nitrogens is 4. The van der Waals surface area contributed by atoms with Crippen LogP contribution in [0.5, 0.6) is 5.75 Å². The maximum absolute atomic E-state index is 10.4. The number of hydrogen-bond acceptors (Lipinski definition) is 8. The molecule has 0 amide bonds. The largest absolute Gasteiger partial charge is 0.490 e. The monoisotopic (exact) mass is 353 g/mol. The van der Waals surface area contributed by atoms with E-state index >= 15 is 0 Å². The Morgan fingerprint density at radius 3 is 2.79 bits per heavy atom. The quantitative estimate of drug-likeness (QED) is 0.814. The van der Waals surface area contributed by atoms with E-state index in [9.17, 15) is 5.11 Å². The van der Waals surface area contributed by atoms with Crippen LogP contribution in [0, 0.1) is 5.92 Å². The van der Waals surface area contributed by atoms with Crippen molar-refractivity contribution in [2.24, 2.45) is 5.92 Å². The molecule has 2 aromatic heterocycles. The molecule has 1 aliphatic rings. The van der Waals surface area contributed by atoms with Gasteiger partial charge in [-0.05, 0) is 18.0 Å². The van der Waals surface area contributed by atoms with E-state index in [1.54, 1.807) is 0 Å². The number of nitrogens with zero attached hydrogens (tertiary/aromatic N) is 5. The minimum absolute atomic E-state index is 0.0180. The van der Waals surface area contributed by atoms with E-state index in [4.69, 9.17) is 20.9 Å². The van der Waals surface area contributed by atoms with Gasteiger partial charge in [0.25, 0.3) is 0 Å². The predicted molar refractivity (Wildman–Crippen MR) is 87.3 cm³/mol. The van der Waals surface area contributed by atoms with Crippen molar-refractivity contribution in [2.75, 3.05) is 24.6 Å². The summed E-state index contributed by atoms with van der Waals surface area (Å²) in [5.41, 5.74) is 0. The Labute approximate surface area is 144 Å². The third-order valence-corrected chi connectivity index (χ3v) is 4.20. The van der Waals surface area contributed by atoms with Crippen molar-refractivity contribution in [3.05, 3.63) is 23.5 Å². The molecule has 0 aliphatic carbocycles. The Hall–Kier alpha value is -1.93. The molecule has 0 saturated carbocycles. The lowest BCUT2D eigenvalue weighted by Crippen LogP contribution is -2.46. The molecule has 1 fully saturated rings. The first-order valence-electron chi connectivity index (χ1n) is 7.90. The standard InChI is InChI=1S/C15H20ClN5O3/c1-9(2)13-19-15(24-20-13)21-4-3-10(12(22)7-21)8-23-11-5-17-14(16)18-6-11/h5-6,9-10,12,22H,3-4,7-8H2,1-2H3/t10-,12-/m1/s1. The number of rotatable bonds is 5. The molecule has 0 spiro atoms. The van der Waals surface area contributed by atoms with Crippen LogP contribution >= 0.6 is 11.6 Å². The summed E-state index contributed by atoms with van der Waals surface area (Å²) in [5.74, 6) is 1.43. The summed E-state index contributed by atoms with van der Waals surface area (Å²) in [4.78, 5) is 14.0. The molecule has 9 heteroatoms. The summed E-state index contributed by atoms with van der Waals surface area (Å²) in [7, 11) is 0. The Morgan fingerprint density at radius 1 is 1.42 bits per heavy atom. The minimum atomic E-state index is -0.540. The van der Waals surface area contributed by atoms with Crippen LogP contribution in [0.3, 0.4) is 0 Å². The van der Waals surface area contributed by atoms with Gasteiger partial charge in [-0.25, -0.2) is 9.97 Å². The zero-order valence-corrected chi connectivity index (χ0v) is 14.3. The molecule has 1 N–H and O–H groups in total. The van der Waals surface area contributed by atoms with Crippen molar-refractivity contribution < 1.29 is 14.4 Å². The lowest BCUT2D eigenvalue weighted by atomic mass is 9.95. The molecule has 3 rings (SSSR count). The Bertz CT molecular complexity index is 663. The maximum atomic E-state index is 10.4. The Morgan fingerprint density at radius 2 is 2.17 bits per heavy atom. The molecular formula is C15H20ClN5O3. The average Bonchev–Trinajstić information content (AvgIpc) is 3.05. The van der Waals surface area contributed by atoms with Crippen molar-refractivity contribution in [1.29, 1.82) is 0 Å². The van der Waals surface area contributed by atoms with E-state index in [1.165, 1.54) is 12.4 Å². The van der Waals surface area contributed by atoms with Gasteiger partial charge >= 0.3 is 6.01 Å². The summed E-state index contributed by atoms with van der Waals surface area (Å²) in [6.07, 6.45) is 3.25. The smallest absolute Gasteiger partial charge is 0.324 e. The van der Waals surface area contributed by atoms with Crippen LogP contribution in [-0.4, -0.2) is 51.0 Å². The Kier molecular flexibility index (Phi) is 5.15. The van der Waals surface area contributed by atoms with Crippen LogP contribution in [-0.2, 0) is 0 Å². The van der Waals surface area contributed by atoms with Crippen LogP contribution in [0.1, 0.15) is 32.0 Å². The second-order valence-corrected chi connectivity index (χ2v) is 6.49. The summed E-state index contributed by atoms with van der Waals surface area (Å²) in [6.45, 7) is 5.56. The highest BCUT2D eigenvalue weighted by atomic mass is 35.5. The average molecular weight is 354 g/mol. The molecule has 3 heterocycles. The number of piperidine rings is 1. The van der Waals surface area contributed by atoms with Crippen molar-refractivity contribution in [3.63, 3.8) is 0 Å². The van der Waals surface area contributed by atoms with Crippen molar-refractivity contribution in [1.82, 2.24) is 20.1 Å². The molecular weight excluding hydrogens is 334 g/mol. The van der Waals surface area contributed by atoms with Crippen LogP contribution in [0.25, 0.3) is 0 Å². The summed E-state index contributed by atoms with van der Waals surface area (Å²) in [5, 5.41) is 14.5. The summed E-state index contributed by atoms with van der Waals surface area (Å²) < 4.78 is 10.9. The lowest BCUT2D eigenvalue weighted by Gasteiger charge is -2.34. The van der Waals surface area contributed by atoms with Crippen molar-refractivity contribution in [3.8, 4) is 5.75 Å². The van der Waals surface area contributed by atoms with Gasteiger partial charge in [-0.1, -0.05) is 19.0 Å². The first-order chi connectivity index (χ1) is 11.5. The lowest BCUT2D eigenvalue weighted by molar-refractivity contribution is 0.0598. The number of halogens is 1. The fourth-order valence-electron chi connectivity index (χ4n) is 2.52. The first-order valence-corrected chi connectivity index (χ1v) is 8.27. The van der Waals surface area contributed by atoms with E-state index in [0.29, 0.717) is 30.7 Å². The summed E-state index contributed by atoms with van der Waals surface area (Å²) >= 11 is 5.64. The second kappa shape index (κ2) is 7.31. The number of aliphatic hydroxyl groups excluding tert-OH is 1. The molecule has 0 aromatic carbocycles. The van der Waals surface area contributed by atoms with E-state index in [0.717, 1.165) is 13.0 Å². The highest BCUT2D eigenvalue weighted by molar-refractivity contribution is 6.28. The zero-order chi connectivity index (χ0) is 17.1. The van der Waals surface area contributed by atoms with Crippen molar-refractivity contribution in [2.45, 2.75) is 32.3 Å². The van der Waals surface area contributed by atoms with Crippen LogP contribution in [0.15, 0.2) is 16.9 Å². The van der Waals surface area contributed by atoms with Gasteiger partial charge in [0.1, 0.15) is 0 Å². The van der Waals surface area contributed by atoms with Crippen LogP contribution in [0.4, 0.5) is 6.01 Å². The third kappa shape index (κ3) is 3.93. The maximum Gasteiger partial charge on any atom is 0.324 e. The van der Waals surface area contributed by atoms with Crippen LogP contribution in [0.2, 0.25) is 5.28 Å². The fraction of sp³-hybridized carbons (Fsp3) is 0.600. The zero-order valence-electron chi connectivity index (χ0n) is 13.6. The normalized spacial score (nSPS) is 21.3. The van der Waals surface area contributed by atoms with Gasteiger partial charge in [-0.2, -0.15) is 4.98 Å². The molecule has 1 aliphatic heterocycles. The SMILES string of the molecule is CC(C)c1noc(N2CC[C@H](COc3cnc(Cl)nc3)[C@H](O)C2)n1. The van der Waals surface area contributed by atoms with Gasteiger partial charge in [0, 0.05) is 24.9 Å².